The Hall–Kier alpha value is -3.26. The van der Waals surface area contributed by atoms with E-state index in [4.69, 9.17) is 9.47 Å². The van der Waals surface area contributed by atoms with Gasteiger partial charge in [0.05, 0.1) is 14.2 Å². The lowest BCUT2D eigenvalue weighted by molar-refractivity contribution is -0.131. The minimum Gasteiger partial charge on any atom is -0.497 e. The van der Waals surface area contributed by atoms with Crippen molar-refractivity contribution in [2.75, 3.05) is 14.2 Å². The molecule has 1 aromatic heterocycles. The molecule has 0 radical (unpaired) electrons. The number of aromatic amines is 1. The van der Waals surface area contributed by atoms with Gasteiger partial charge in [0.2, 0.25) is 5.16 Å². The summed E-state index contributed by atoms with van der Waals surface area (Å²) < 4.78 is 10.5. The number of carbonyl (C=O) groups is 1. The Balaban J connectivity index is 1.87. The van der Waals surface area contributed by atoms with Crippen LogP contribution in [0.1, 0.15) is 5.56 Å². The van der Waals surface area contributed by atoms with E-state index in [1.54, 1.807) is 38.5 Å². The van der Waals surface area contributed by atoms with Crippen LogP contribution in [0.3, 0.4) is 0 Å². The van der Waals surface area contributed by atoms with Gasteiger partial charge in [-0.1, -0.05) is 30.3 Å². The first-order chi connectivity index (χ1) is 13.1. The van der Waals surface area contributed by atoms with E-state index >= 15 is 0 Å². The van der Waals surface area contributed by atoms with Crippen LogP contribution >= 0.6 is 11.8 Å². The first-order valence-corrected chi connectivity index (χ1v) is 8.74. The molecule has 0 spiro atoms. The van der Waals surface area contributed by atoms with Gasteiger partial charge in [0, 0.05) is 11.6 Å². The van der Waals surface area contributed by atoms with Gasteiger partial charge < -0.3 is 14.6 Å². The van der Waals surface area contributed by atoms with Crippen molar-refractivity contribution in [2.45, 2.75) is 5.16 Å². The van der Waals surface area contributed by atoms with Gasteiger partial charge in [-0.25, -0.2) is 9.78 Å². The third-order valence-electron chi connectivity index (χ3n) is 3.60. The summed E-state index contributed by atoms with van der Waals surface area (Å²) in [4.78, 5) is 16.1. The highest BCUT2D eigenvalue weighted by Gasteiger charge is 2.15. The average Bonchev–Trinajstić information content (AvgIpc) is 3.16. The number of carboxylic acids is 1. The fourth-order valence-corrected chi connectivity index (χ4v) is 3.01. The third-order valence-corrected chi connectivity index (χ3v) is 4.48. The van der Waals surface area contributed by atoms with Gasteiger partial charge >= 0.3 is 5.97 Å². The Morgan fingerprint density at radius 2 is 1.78 bits per heavy atom. The number of thioether (sulfide) groups is 1. The van der Waals surface area contributed by atoms with E-state index in [0.717, 1.165) is 22.9 Å². The van der Waals surface area contributed by atoms with Crippen LogP contribution in [0.15, 0.2) is 58.6 Å². The first kappa shape index (κ1) is 18.5. The quantitative estimate of drug-likeness (QED) is 0.474. The number of benzene rings is 2. The van der Waals surface area contributed by atoms with Crippen LogP contribution < -0.4 is 9.47 Å². The number of rotatable bonds is 7. The standard InChI is InChI=1S/C19H17N3O4S/c1-25-14-9-13(10-15(11-14)26-2)17-20-19(22-21-17)27-16(18(23)24)8-12-6-4-3-5-7-12/h3-11H,1-2H3,(H,23,24)(H,20,21,22)/b16-8-. The Bertz CT molecular complexity index is 948. The van der Waals surface area contributed by atoms with E-state index in [1.165, 1.54) is 0 Å². The topological polar surface area (TPSA) is 97.3 Å². The smallest absolute Gasteiger partial charge is 0.342 e. The van der Waals surface area contributed by atoms with Crippen LogP contribution in [0.5, 0.6) is 11.5 Å². The van der Waals surface area contributed by atoms with Crippen molar-refractivity contribution in [3.8, 4) is 22.9 Å². The highest BCUT2D eigenvalue weighted by atomic mass is 32.2. The molecule has 0 saturated carbocycles. The molecule has 2 N–H and O–H groups in total. The summed E-state index contributed by atoms with van der Waals surface area (Å²) in [6.45, 7) is 0. The number of ether oxygens (including phenoxy) is 2. The monoisotopic (exact) mass is 383 g/mol. The minimum atomic E-state index is -1.04. The highest BCUT2D eigenvalue weighted by Crippen LogP contribution is 2.30. The number of carboxylic acid groups (broad SMARTS) is 1. The molecule has 0 amide bonds. The summed E-state index contributed by atoms with van der Waals surface area (Å²) in [7, 11) is 3.13. The molecule has 1 heterocycles. The number of hydrogen-bond donors (Lipinski definition) is 2. The molecule has 0 saturated heterocycles. The molecule has 0 bridgehead atoms. The molecule has 138 valence electrons. The molecule has 3 aromatic rings. The van der Waals surface area contributed by atoms with Crippen molar-refractivity contribution in [3.05, 3.63) is 59.0 Å². The number of hydrogen-bond acceptors (Lipinski definition) is 6. The van der Waals surface area contributed by atoms with E-state index in [2.05, 4.69) is 15.2 Å². The zero-order valence-electron chi connectivity index (χ0n) is 14.7. The lowest BCUT2D eigenvalue weighted by Crippen LogP contribution is -1.97. The summed E-state index contributed by atoms with van der Waals surface area (Å²) in [5, 5.41) is 16.7. The predicted molar refractivity (Wildman–Crippen MR) is 103 cm³/mol. The number of H-pyrrole nitrogens is 1. The average molecular weight is 383 g/mol. The van der Waals surface area contributed by atoms with Crippen molar-refractivity contribution in [3.63, 3.8) is 0 Å². The van der Waals surface area contributed by atoms with Crippen LogP contribution in [-0.2, 0) is 4.79 Å². The Morgan fingerprint density at radius 3 is 2.37 bits per heavy atom. The fourth-order valence-electron chi connectivity index (χ4n) is 2.30. The molecular weight excluding hydrogens is 366 g/mol. The van der Waals surface area contributed by atoms with Crippen LogP contribution in [0.25, 0.3) is 17.5 Å². The maximum absolute atomic E-state index is 11.6. The molecule has 2 aromatic carbocycles. The van der Waals surface area contributed by atoms with Crippen molar-refractivity contribution in [1.82, 2.24) is 15.2 Å². The lowest BCUT2D eigenvalue weighted by atomic mass is 10.2. The zero-order chi connectivity index (χ0) is 19.2. The second-order valence-corrected chi connectivity index (χ2v) is 6.40. The van der Waals surface area contributed by atoms with Crippen molar-refractivity contribution in [2.24, 2.45) is 0 Å². The molecule has 3 rings (SSSR count). The van der Waals surface area contributed by atoms with E-state index in [1.807, 2.05) is 30.3 Å². The maximum Gasteiger partial charge on any atom is 0.342 e. The molecule has 0 aliphatic rings. The molecule has 0 atom stereocenters. The van der Waals surface area contributed by atoms with E-state index < -0.39 is 5.97 Å². The summed E-state index contributed by atoms with van der Waals surface area (Å²) in [6.07, 6.45) is 1.58. The second-order valence-electron chi connectivity index (χ2n) is 5.39. The van der Waals surface area contributed by atoms with Crippen molar-refractivity contribution >= 4 is 23.8 Å². The number of nitrogens with one attached hydrogen (secondary N) is 1. The fraction of sp³-hybridized carbons (Fsp3) is 0.105. The molecule has 0 fully saturated rings. The number of nitrogens with zero attached hydrogens (tertiary/aromatic N) is 2. The van der Waals surface area contributed by atoms with Gasteiger partial charge in [-0.05, 0) is 35.5 Å². The maximum atomic E-state index is 11.6. The number of aliphatic carboxylic acids is 1. The minimum absolute atomic E-state index is 0.120. The third kappa shape index (κ3) is 4.68. The molecule has 0 aliphatic heterocycles. The van der Waals surface area contributed by atoms with Gasteiger partial charge in [-0.15, -0.1) is 5.10 Å². The molecule has 8 heteroatoms. The van der Waals surface area contributed by atoms with Gasteiger partial charge in [0.1, 0.15) is 16.4 Å². The Labute approximate surface area is 160 Å². The summed E-state index contributed by atoms with van der Waals surface area (Å²) in [6, 6.07) is 14.5. The van der Waals surface area contributed by atoms with Gasteiger partial charge in [0.15, 0.2) is 5.82 Å². The number of aromatic nitrogens is 3. The Kier molecular flexibility index (Phi) is 5.77. The van der Waals surface area contributed by atoms with Gasteiger partial charge in [-0.2, -0.15) is 0 Å². The summed E-state index contributed by atoms with van der Waals surface area (Å²) in [5.74, 6) is 0.674. The molecular formula is C19H17N3O4S. The molecule has 27 heavy (non-hydrogen) atoms. The molecule has 7 nitrogen and oxygen atoms in total. The normalized spacial score (nSPS) is 11.3. The predicted octanol–water partition coefficient (Wildman–Crippen LogP) is 3.71. The zero-order valence-corrected chi connectivity index (χ0v) is 15.5. The molecule has 0 aliphatic carbocycles. The van der Waals surface area contributed by atoms with Crippen molar-refractivity contribution in [1.29, 1.82) is 0 Å². The van der Waals surface area contributed by atoms with Crippen LogP contribution in [0.2, 0.25) is 0 Å². The van der Waals surface area contributed by atoms with E-state index in [9.17, 15) is 9.90 Å². The number of methoxy groups -OCH3 is 2. The SMILES string of the molecule is COc1cc(OC)cc(-c2nc(S/C(=C\c3ccccc3)C(=O)O)n[nH]2)c1. The van der Waals surface area contributed by atoms with Crippen LogP contribution in [0, 0.1) is 0 Å². The van der Waals surface area contributed by atoms with Gasteiger partial charge in [0.25, 0.3) is 0 Å². The first-order valence-electron chi connectivity index (χ1n) is 7.93. The van der Waals surface area contributed by atoms with Crippen molar-refractivity contribution < 1.29 is 19.4 Å². The van der Waals surface area contributed by atoms with E-state index in [-0.39, 0.29) is 4.91 Å². The summed E-state index contributed by atoms with van der Waals surface area (Å²) >= 11 is 0.973. The second kappa shape index (κ2) is 8.41. The molecule has 0 unspecified atom stereocenters. The van der Waals surface area contributed by atoms with E-state index in [0.29, 0.717) is 22.5 Å². The Morgan fingerprint density at radius 1 is 1.11 bits per heavy atom. The summed E-state index contributed by atoms with van der Waals surface area (Å²) in [5.41, 5.74) is 1.50. The van der Waals surface area contributed by atoms with Crippen LogP contribution in [0.4, 0.5) is 0 Å². The van der Waals surface area contributed by atoms with Crippen LogP contribution in [-0.4, -0.2) is 40.5 Å². The lowest BCUT2D eigenvalue weighted by Gasteiger charge is -2.06. The van der Waals surface area contributed by atoms with Gasteiger partial charge in [-0.3, -0.25) is 5.10 Å². The largest absolute Gasteiger partial charge is 0.497 e. The highest BCUT2D eigenvalue weighted by molar-refractivity contribution is 8.04.